The molecule has 0 radical (unpaired) electrons. The molecule has 4 heteroatoms. The summed E-state index contributed by atoms with van der Waals surface area (Å²) in [6.45, 7) is 4.01. The predicted octanol–water partition coefficient (Wildman–Crippen LogP) is 2.31. The fourth-order valence-corrected chi connectivity index (χ4v) is 3.06. The topological polar surface area (TPSA) is 49.8 Å². The highest BCUT2D eigenvalue weighted by atomic mass is 16.5. The summed E-state index contributed by atoms with van der Waals surface area (Å²) in [4.78, 5) is 13.3. The quantitative estimate of drug-likeness (QED) is 0.907. The van der Waals surface area contributed by atoms with Gasteiger partial charge in [0, 0.05) is 18.8 Å². The zero-order valence-corrected chi connectivity index (χ0v) is 11.1. The normalized spacial score (nSPS) is 25.6. The van der Waals surface area contributed by atoms with Crippen LogP contribution in [0.25, 0.3) is 0 Å². The van der Waals surface area contributed by atoms with Gasteiger partial charge in [-0.3, -0.25) is 0 Å². The molecule has 1 N–H and O–H groups in total. The lowest BCUT2D eigenvalue weighted by Crippen LogP contribution is -2.31. The molecule has 1 saturated heterocycles. The van der Waals surface area contributed by atoms with Gasteiger partial charge >= 0.3 is 5.97 Å². The molecule has 0 aromatic heterocycles. The van der Waals surface area contributed by atoms with Crippen molar-refractivity contribution in [2.45, 2.75) is 38.4 Å². The van der Waals surface area contributed by atoms with Crippen LogP contribution in [-0.2, 0) is 11.2 Å². The van der Waals surface area contributed by atoms with E-state index in [4.69, 9.17) is 9.84 Å². The summed E-state index contributed by atoms with van der Waals surface area (Å²) in [5, 5.41) is 9.01. The highest BCUT2D eigenvalue weighted by Crippen LogP contribution is 2.31. The van der Waals surface area contributed by atoms with Crippen molar-refractivity contribution in [1.82, 2.24) is 0 Å². The largest absolute Gasteiger partial charge is 0.478 e. The van der Waals surface area contributed by atoms with Crippen molar-refractivity contribution in [3.8, 4) is 0 Å². The lowest BCUT2D eigenvalue weighted by molar-refractivity contribution is 0.0602. The molecule has 19 heavy (non-hydrogen) atoms. The second kappa shape index (κ2) is 4.85. The van der Waals surface area contributed by atoms with Crippen molar-refractivity contribution < 1.29 is 14.6 Å². The predicted molar refractivity (Wildman–Crippen MR) is 72.9 cm³/mol. The van der Waals surface area contributed by atoms with E-state index in [1.165, 1.54) is 5.69 Å². The minimum absolute atomic E-state index is 0.320. The van der Waals surface area contributed by atoms with E-state index in [0.717, 1.165) is 37.9 Å². The van der Waals surface area contributed by atoms with Crippen LogP contribution in [0.3, 0.4) is 0 Å². The van der Waals surface area contributed by atoms with Crippen molar-refractivity contribution in [2.75, 3.05) is 18.0 Å². The maximum atomic E-state index is 11.0. The molecule has 2 aliphatic rings. The first-order valence-corrected chi connectivity index (χ1v) is 6.90. The maximum absolute atomic E-state index is 11.0. The highest BCUT2D eigenvalue weighted by Gasteiger charge is 2.27. The summed E-state index contributed by atoms with van der Waals surface area (Å²) in [7, 11) is 0. The number of aromatic carboxylic acids is 1. The van der Waals surface area contributed by atoms with Crippen molar-refractivity contribution in [3.63, 3.8) is 0 Å². The van der Waals surface area contributed by atoms with Crippen molar-refractivity contribution in [3.05, 3.63) is 29.3 Å². The average Bonchev–Trinajstić information content (AvgIpc) is 2.96. The number of carboxylic acids is 1. The molecular formula is C15H19NO3. The third-order valence-corrected chi connectivity index (χ3v) is 4.06. The Labute approximate surface area is 113 Å². The molecule has 0 amide bonds. The van der Waals surface area contributed by atoms with E-state index in [2.05, 4.69) is 11.8 Å². The van der Waals surface area contributed by atoms with E-state index < -0.39 is 5.97 Å². The van der Waals surface area contributed by atoms with Crippen LogP contribution in [0.4, 0.5) is 5.69 Å². The Hall–Kier alpha value is -1.55. The lowest BCUT2D eigenvalue weighted by Gasteiger charge is -2.23. The number of rotatable bonds is 3. The minimum Gasteiger partial charge on any atom is -0.478 e. The molecule has 2 heterocycles. The first kappa shape index (κ1) is 12.5. The molecule has 0 bridgehead atoms. The molecule has 2 aliphatic heterocycles. The number of nitrogens with zero attached hydrogens (tertiary/aromatic N) is 1. The Bertz CT molecular complexity index is 500. The van der Waals surface area contributed by atoms with E-state index in [1.807, 2.05) is 6.07 Å². The molecule has 0 spiro atoms. The molecule has 1 aromatic carbocycles. The number of benzene rings is 1. The number of ether oxygens (including phenoxy) is 1. The van der Waals surface area contributed by atoms with Gasteiger partial charge in [-0.2, -0.15) is 0 Å². The first-order chi connectivity index (χ1) is 9.13. The average molecular weight is 261 g/mol. The molecule has 1 fully saturated rings. The fourth-order valence-electron chi connectivity index (χ4n) is 3.06. The number of fused-ring (bicyclic) bond motifs is 1. The Morgan fingerprint density at radius 1 is 1.47 bits per heavy atom. The van der Waals surface area contributed by atoms with E-state index in [1.54, 1.807) is 12.1 Å². The third-order valence-electron chi connectivity index (χ3n) is 4.06. The smallest absolute Gasteiger partial charge is 0.335 e. The number of hydrogen-bond donors (Lipinski definition) is 1. The van der Waals surface area contributed by atoms with Crippen LogP contribution in [0, 0.1) is 0 Å². The Kier molecular flexibility index (Phi) is 3.19. The number of carbonyl (C=O) groups is 1. The maximum Gasteiger partial charge on any atom is 0.335 e. The van der Waals surface area contributed by atoms with Gasteiger partial charge in [0.2, 0.25) is 0 Å². The highest BCUT2D eigenvalue weighted by molar-refractivity contribution is 5.88. The molecule has 1 aromatic rings. The van der Waals surface area contributed by atoms with Gasteiger partial charge < -0.3 is 14.7 Å². The fraction of sp³-hybridized carbons (Fsp3) is 0.533. The Balaban J connectivity index is 1.73. The van der Waals surface area contributed by atoms with Crippen LogP contribution in [0.1, 0.15) is 35.7 Å². The zero-order valence-electron chi connectivity index (χ0n) is 11.1. The van der Waals surface area contributed by atoms with E-state index >= 15 is 0 Å². The zero-order chi connectivity index (χ0) is 13.4. The van der Waals surface area contributed by atoms with Gasteiger partial charge in [0.1, 0.15) is 0 Å². The molecule has 3 rings (SSSR count). The molecule has 102 valence electrons. The summed E-state index contributed by atoms with van der Waals surface area (Å²) in [6.07, 6.45) is 3.89. The van der Waals surface area contributed by atoms with E-state index in [9.17, 15) is 4.79 Å². The summed E-state index contributed by atoms with van der Waals surface area (Å²) in [5.74, 6) is -0.853. The summed E-state index contributed by atoms with van der Waals surface area (Å²) in [6, 6.07) is 5.43. The molecule has 0 aliphatic carbocycles. The van der Waals surface area contributed by atoms with Crippen molar-refractivity contribution in [1.29, 1.82) is 0 Å². The third kappa shape index (κ3) is 2.45. The number of anilines is 1. The lowest BCUT2D eigenvalue weighted by atomic mass is 10.1. The molecule has 4 nitrogen and oxygen atoms in total. The van der Waals surface area contributed by atoms with Gasteiger partial charge in [-0.25, -0.2) is 4.79 Å². The van der Waals surface area contributed by atoms with Gasteiger partial charge in [0.05, 0.1) is 17.8 Å². The molecule has 2 unspecified atom stereocenters. The van der Waals surface area contributed by atoms with E-state index in [0.29, 0.717) is 17.8 Å². The monoisotopic (exact) mass is 261 g/mol. The van der Waals surface area contributed by atoms with Gasteiger partial charge in [-0.1, -0.05) is 0 Å². The minimum atomic E-state index is -0.853. The standard InChI is InChI=1S/C15H19NO3/c1-10-2-4-13(19-10)9-16-7-6-11-8-12(15(17)18)3-5-14(11)16/h3,5,8,10,13H,2,4,6-7,9H2,1H3,(H,17,18). The molecule has 2 atom stereocenters. The van der Waals surface area contributed by atoms with Crippen LogP contribution in [0.2, 0.25) is 0 Å². The molecule has 0 saturated carbocycles. The number of hydrogen-bond acceptors (Lipinski definition) is 3. The van der Waals surface area contributed by atoms with Crippen molar-refractivity contribution in [2.24, 2.45) is 0 Å². The van der Waals surface area contributed by atoms with Gasteiger partial charge in [-0.05, 0) is 49.9 Å². The van der Waals surface area contributed by atoms with Crippen LogP contribution < -0.4 is 4.90 Å². The summed E-state index contributed by atoms with van der Waals surface area (Å²) < 4.78 is 5.86. The second-order valence-electron chi connectivity index (χ2n) is 5.49. The van der Waals surface area contributed by atoms with Gasteiger partial charge in [0.25, 0.3) is 0 Å². The van der Waals surface area contributed by atoms with Gasteiger partial charge in [0.15, 0.2) is 0 Å². The van der Waals surface area contributed by atoms with Crippen LogP contribution in [0.5, 0.6) is 0 Å². The first-order valence-electron chi connectivity index (χ1n) is 6.90. The van der Waals surface area contributed by atoms with Crippen LogP contribution in [-0.4, -0.2) is 36.4 Å². The van der Waals surface area contributed by atoms with Crippen LogP contribution in [0.15, 0.2) is 18.2 Å². The van der Waals surface area contributed by atoms with Crippen molar-refractivity contribution >= 4 is 11.7 Å². The molecular weight excluding hydrogens is 242 g/mol. The second-order valence-corrected chi connectivity index (χ2v) is 5.49. The summed E-state index contributed by atoms with van der Waals surface area (Å²) >= 11 is 0. The SMILES string of the molecule is CC1CCC(CN2CCc3cc(C(=O)O)ccc32)O1. The number of carboxylic acid groups (broad SMARTS) is 1. The Morgan fingerprint density at radius 3 is 3.00 bits per heavy atom. The summed E-state index contributed by atoms with van der Waals surface area (Å²) in [5.41, 5.74) is 2.70. The Morgan fingerprint density at radius 2 is 2.32 bits per heavy atom. The van der Waals surface area contributed by atoms with E-state index in [-0.39, 0.29) is 0 Å². The van der Waals surface area contributed by atoms with Gasteiger partial charge in [-0.15, -0.1) is 0 Å². The van der Waals surface area contributed by atoms with Crippen LogP contribution >= 0.6 is 0 Å².